The number of nitrogens with zero attached hydrogens (tertiary/aromatic N) is 2. The summed E-state index contributed by atoms with van der Waals surface area (Å²) < 4.78 is 0. The Hall–Kier alpha value is -1.42. The van der Waals surface area contributed by atoms with Gasteiger partial charge in [-0.3, -0.25) is 9.69 Å². The van der Waals surface area contributed by atoms with E-state index in [1.54, 1.807) is 19.3 Å². The van der Waals surface area contributed by atoms with Gasteiger partial charge in [-0.2, -0.15) is 0 Å². The van der Waals surface area contributed by atoms with E-state index in [9.17, 15) is 4.79 Å². The number of aromatic nitrogens is 1. The molecule has 15 heavy (non-hydrogen) atoms. The maximum atomic E-state index is 11.8. The fourth-order valence-electron chi connectivity index (χ4n) is 1.35. The molecule has 0 fully saturated rings. The van der Waals surface area contributed by atoms with Crippen LogP contribution < -0.4 is 10.6 Å². The van der Waals surface area contributed by atoms with Crippen molar-refractivity contribution in [1.29, 1.82) is 0 Å². The zero-order chi connectivity index (χ0) is 11.3. The Morgan fingerprint density at radius 2 is 2.33 bits per heavy atom. The topological polar surface area (TPSA) is 59.2 Å². The Bertz CT molecular complexity index is 313. The Kier molecular flexibility index (Phi) is 4.24. The van der Waals surface area contributed by atoms with Crippen LogP contribution in [-0.2, 0) is 4.79 Å². The molecule has 1 amide bonds. The van der Waals surface area contributed by atoms with Gasteiger partial charge >= 0.3 is 0 Å². The van der Waals surface area contributed by atoms with Crippen LogP contribution in [0.5, 0.6) is 0 Å². The molecule has 1 heterocycles. The summed E-state index contributed by atoms with van der Waals surface area (Å²) in [4.78, 5) is 17.4. The van der Waals surface area contributed by atoms with E-state index < -0.39 is 6.04 Å². The van der Waals surface area contributed by atoms with Gasteiger partial charge < -0.3 is 5.73 Å². The highest BCUT2D eigenvalue weighted by molar-refractivity contribution is 5.95. The summed E-state index contributed by atoms with van der Waals surface area (Å²) in [5, 5.41) is 0. The molecule has 82 valence electrons. The Labute approximate surface area is 90.1 Å². The van der Waals surface area contributed by atoms with Gasteiger partial charge in [-0.05, 0) is 18.6 Å². The minimum Gasteiger partial charge on any atom is -0.320 e. The first kappa shape index (κ1) is 11.7. The van der Waals surface area contributed by atoms with Crippen molar-refractivity contribution in [2.24, 2.45) is 5.73 Å². The average molecular weight is 207 g/mol. The first-order valence-corrected chi connectivity index (χ1v) is 5.11. The van der Waals surface area contributed by atoms with Crippen LogP contribution in [0.3, 0.4) is 0 Å². The molecule has 2 N–H and O–H groups in total. The number of amides is 1. The fraction of sp³-hybridized carbons (Fsp3) is 0.455. The van der Waals surface area contributed by atoms with E-state index >= 15 is 0 Å². The summed E-state index contributed by atoms with van der Waals surface area (Å²) in [5.41, 5.74) is 5.75. The van der Waals surface area contributed by atoms with Crippen LogP contribution >= 0.6 is 0 Å². The highest BCUT2D eigenvalue weighted by Crippen LogP contribution is 2.09. The van der Waals surface area contributed by atoms with E-state index in [-0.39, 0.29) is 5.91 Å². The van der Waals surface area contributed by atoms with Gasteiger partial charge in [0.2, 0.25) is 5.91 Å². The van der Waals surface area contributed by atoms with Crippen molar-refractivity contribution in [3.63, 3.8) is 0 Å². The Morgan fingerprint density at radius 1 is 1.60 bits per heavy atom. The van der Waals surface area contributed by atoms with Gasteiger partial charge in [0.1, 0.15) is 5.82 Å². The van der Waals surface area contributed by atoms with E-state index in [1.807, 2.05) is 19.1 Å². The quantitative estimate of drug-likeness (QED) is 0.806. The molecule has 1 aromatic heterocycles. The third kappa shape index (κ3) is 3.02. The van der Waals surface area contributed by atoms with Crippen molar-refractivity contribution in [2.75, 3.05) is 11.9 Å². The van der Waals surface area contributed by atoms with Crippen molar-refractivity contribution in [3.8, 4) is 0 Å². The van der Waals surface area contributed by atoms with Gasteiger partial charge in [-0.25, -0.2) is 4.98 Å². The summed E-state index contributed by atoms with van der Waals surface area (Å²) >= 11 is 0. The van der Waals surface area contributed by atoms with E-state index in [0.29, 0.717) is 12.2 Å². The lowest BCUT2D eigenvalue weighted by molar-refractivity contribution is -0.119. The lowest BCUT2D eigenvalue weighted by atomic mass is 10.1. The molecule has 4 nitrogen and oxygen atoms in total. The van der Waals surface area contributed by atoms with Gasteiger partial charge in [-0.15, -0.1) is 0 Å². The third-order valence-electron chi connectivity index (χ3n) is 2.24. The van der Waals surface area contributed by atoms with Gasteiger partial charge in [-0.1, -0.05) is 19.4 Å². The second-order valence-corrected chi connectivity index (χ2v) is 3.48. The van der Waals surface area contributed by atoms with Crippen LogP contribution in [-0.4, -0.2) is 24.0 Å². The van der Waals surface area contributed by atoms with Crippen molar-refractivity contribution in [2.45, 2.75) is 25.8 Å². The van der Waals surface area contributed by atoms with Crippen LogP contribution in [0.15, 0.2) is 24.4 Å². The molecule has 0 aliphatic carbocycles. The summed E-state index contributed by atoms with van der Waals surface area (Å²) in [7, 11) is 1.69. The number of hydrogen-bond acceptors (Lipinski definition) is 3. The second kappa shape index (κ2) is 5.46. The van der Waals surface area contributed by atoms with Crippen molar-refractivity contribution in [3.05, 3.63) is 24.4 Å². The number of carbonyl (C=O) groups is 1. The van der Waals surface area contributed by atoms with Crippen LogP contribution in [0.25, 0.3) is 0 Å². The fourth-order valence-corrected chi connectivity index (χ4v) is 1.35. The molecule has 0 aromatic carbocycles. The van der Waals surface area contributed by atoms with E-state index in [2.05, 4.69) is 4.98 Å². The van der Waals surface area contributed by atoms with E-state index in [0.717, 1.165) is 6.42 Å². The number of hydrogen-bond donors (Lipinski definition) is 1. The minimum absolute atomic E-state index is 0.0875. The van der Waals surface area contributed by atoms with Crippen LogP contribution in [0.4, 0.5) is 5.82 Å². The molecule has 4 heteroatoms. The summed E-state index contributed by atoms with van der Waals surface area (Å²) in [6.45, 7) is 2.01. The average Bonchev–Trinajstić information content (AvgIpc) is 2.28. The standard InChI is InChI=1S/C11H17N3O/c1-3-6-9(12)11(15)14(2)10-7-4-5-8-13-10/h4-5,7-9H,3,6,12H2,1-2H3/t9-/m0/s1. The molecule has 1 aromatic rings. The third-order valence-corrected chi connectivity index (χ3v) is 2.24. The molecule has 1 atom stereocenters. The van der Waals surface area contributed by atoms with Crippen molar-refractivity contribution in [1.82, 2.24) is 4.98 Å². The molecular weight excluding hydrogens is 190 g/mol. The largest absolute Gasteiger partial charge is 0.320 e. The predicted molar refractivity (Wildman–Crippen MR) is 60.5 cm³/mol. The van der Waals surface area contributed by atoms with Gasteiger partial charge in [0.15, 0.2) is 0 Å². The van der Waals surface area contributed by atoms with Gasteiger partial charge in [0, 0.05) is 13.2 Å². The lowest BCUT2D eigenvalue weighted by Gasteiger charge is -2.19. The number of pyridine rings is 1. The second-order valence-electron chi connectivity index (χ2n) is 3.48. The van der Waals surface area contributed by atoms with Crippen LogP contribution in [0, 0.1) is 0 Å². The monoisotopic (exact) mass is 207 g/mol. The molecular formula is C11H17N3O. The molecule has 0 radical (unpaired) electrons. The van der Waals surface area contributed by atoms with Crippen LogP contribution in [0.2, 0.25) is 0 Å². The molecule has 0 spiro atoms. The molecule has 0 aliphatic heterocycles. The maximum absolute atomic E-state index is 11.8. The SMILES string of the molecule is CCC[C@H](N)C(=O)N(C)c1ccccn1. The van der Waals surface area contributed by atoms with Gasteiger partial charge in [0.05, 0.1) is 6.04 Å². The van der Waals surface area contributed by atoms with Crippen LogP contribution in [0.1, 0.15) is 19.8 Å². The highest BCUT2D eigenvalue weighted by Gasteiger charge is 2.18. The number of carbonyl (C=O) groups excluding carboxylic acids is 1. The predicted octanol–water partition coefficient (Wildman–Crippen LogP) is 1.17. The lowest BCUT2D eigenvalue weighted by Crippen LogP contribution is -2.42. The summed E-state index contributed by atoms with van der Waals surface area (Å²) in [6, 6.07) is 5.02. The minimum atomic E-state index is -0.429. The Balaban J connectivity index is 2.69. The molecule has 1 rings (SSSR count). The zero-order valence-electron chi connectivity index (χ0n) is 9.18. The normalized spacial score (nSPS) is 12.2. The number of nitrogens with two attached hydrogens (primary N) is 1. The number of likely N-dealkylation sites (N-methyl/N-ethyl adjacent to an activating group) is 1. The maximum Gasteiger partial charge on any atom is 0.244 e. The Morgan fingerprint density at radius 3 is 2.87 bits per heavy atom. The number of anilines is 1. The molecule has 0 unspecified atom stereocenters. The summed E-state index contributed by atoms with van der Waals surface area (Å²) in [5.74, 6) is 0.546. The number of rotatable bonds is 4. The molecule has 0 bridgehead atoms. The summed E-state index contributed by atoms with van der Waals surface area (Å²) in [6.07, 6.45) is 3.27. The first-order chi connectivity index (χ1) is 7.16. The highest BCUT2D eigenvalue weighted by atomic mass is 16.2. The van der Waals surface area contributed by atoms with Crippen molar-refractivity contribution < 1.29 is 4.79 Å². The van der Waals surface area contributed by atoms with E-state index in [4.69, 9.17) is 5.73 Å². The van der Waals surface area contributed by atoms with Gasteiger partial charge in [0.25, 0.3) is 0 Å². The van der Waals surface area contributed by atoms with Crippen molar-refractivity contribution >= 4 is 11.7 Å². The molecule has 0 saturated heterocycles. The zero-order valence-corrected chi connectivity index (χ0v) is 9.18. The van der Waals surface area contributed by atoms with E-state index in [1.165, 1.54) is 4.90 Å². The smallest absolute Gasteiger partial charge is 0.244 e. The molecule has 0 saturated carbocycles. The molecule has 0 aliphatic rings. The first-order valence-electron chi connectivity index (χ1n) is 5.11.